The molecule has 0 aromatic carbocycles. The van der Waals surface area contributed by atoms with Crippen LogP contribution in [0.1, 0.15) is 11.7 Å². The van der Waals surface area contributed by atoms with Crippen LogP contribution in [0, 0.1) is 0 Å². The molecule has 1 aromatic heterocycles. The quantitative estimate of drug-likeness (QED) is 0.643. The highest BCUT2D eigenvalue weighted by molar-refractivity contribution is 5.13. The molecule has 0 aliphatic heterocycles. The van der Waals surface area contributed by atoms with E-state index in [1.807, 2.05) is 13.2 Å². The first kappa shape index (κ1) is 9.74. The summed E-state index contributed by atoms with van der Waals surface area (Å²) in [6.45, 7) is 7.81. The molecule has 3 heteroatoms. The van der Waals surface area contributed by atoms with Crippen molar-refractivity contribution in [3.8, 4) is 0 Å². The van der Waals surface area contributed by atoms with E-state index in [0.717, 1.165) is 5.56 Å². The minimum atomic E-state index is -0.0910. The number of ether oxygens (including phenoxy) is 1. The van der Waals surface area contributed by atoms with Gasteiger partial charge in [-0.25, -0.2) is 0 Å². The van der Waals surface area contributed by atoms with Crippen LogP contribution in [0.15, 0.2) is 37.7 Å². The summed E-state index contributed by atoms with van der Waals surface area (Å²) in [6, 6.07) is 0. The first-order valence-corrected chi connectivity index (χ1v) is 4.11. The van der Waals surface area contributed by atoms with Crippen LogP contribution in [0.3, 0.4) is 0 Å². The maximum absolute atomic E-state index is 5.45. The fourth-order valence-electron chi connectivity index (χ4n) is 1.06. The zero-order valence-corrected chi connectivity index (χ0v) is 7.81. The third-order valence-corrected chi connectivity index (χ3v) is 1.66. The third kappa shape index (κ3) is 2.56. The van der Waals surface area contributed by atoms with E-state index in [1.165, 1.54) is 0 Å². The van der Waals surface area contributed by atoms with Gasteiger partial charge in [0, 0.05) is 18.8 Å². The van der Waals surface area contributed by atoms with E-state index < -0.39 is 0 Å². The molecular formula is C10H14N2O. The maximum atomic E-state index is 5.45. The van der Waals surface area contributed by atoms with Gasteiger partial charge in [-0.1, -0.05) is 12.2 Å². The molecule has 0 fully saturated rings. The molecule has 0 radical (unpaired) electrons. The molecule has 0 aliphatic rings. The normalized spacial score (nSPS) is 12.4. The van der Waals surface area contributed by atoms with Gasteiger partial charge in [-0.15, -0.1) is 13.2 Å². The smallest absolute Gasteiger partial charge is 0.104 e. The molecule has 0 N–H and O–H groups in total. The highest BCUT2D eigenvalue weighted by atomic mass is 16.5. The molecule has 0 spiro atoms. The van der Waals surface area contributed by atoms with E-state index in [-0.39, 0.29) is 6.10 Å². The number of aryl methyl sites for hydroxylation is 1. The fraction of sp³-hybridized carbons (Fsp3) is 0.300. The summed E-state index contributed by atoms with van der Waals surface area (Å²) in [6.07, 6.45) is 7.06. The zero-order chi connectivity index (χ0) is 9.68. The third-order valence-electron chi connectivity index (χ3n) is 1.66. The van der Waals surface area contributed by atoms with Crippen LogP contribution in [0.2, 0.25) is 0 Å². The van der Waals surface area contributed by atoms with Gasteiger partial charge >= 0.3 is 0 Å². The van der Waals surface area contributed by atoms with E-state index in [1.54, 1.807) is 23.0 Å². The lowest BCUT2D eigenvalue weighted by Crippen LogP contribution is -1.99. The fourth-order valence-corrected chi connectivity index (χ4v) is 1.06. The molecular weight excluding hydrogens is 164 g/mol. The van der Waals surface area contributed by atoms with Crippen LogP contribution < -0.4 is 0 Å². The van der Waals surface area contributed by atoms with E-state index in [4.69, 9.17) is 4.74 Å². The number of hydrogen-bond donors (Lipinski definition) is 0. The van der Waals surface area contributed by atoms with Crippen molar-refractivity contribution in [3.05, 3.63) is 43.3 Å². The first-order valence-electron chi connectivity index (χ1n) is 4.11. The molecule has 0 saturated heterocycles. The molecule has 3 nitrogen and oxygen atoms in total. The Morgan fingerprint density at radius 2 is 2.46 bits per heavy atom. The second-order valence-corrected chi connectivity index (χ2v) is 2.73. The summed E-state index contributed by atoms with van der Waals surface area (Å²) in [5.41, 5.74) is 1.01. The van der Waals surface area contributed by atoms with Gasteiger partial charge in [0.25, 0.3) is 0 Å². The van der Waals surface area contributed by atoms with Crippen molar-refractivity contribution in [2.24, 2.45) is 7.05 Å². The molecule has 1 heterocycles. The van der Waals surface area contributed by atoms with Gasteiger partial charge in [0.15, 0.2) is 0 Å². The SMILES string of the molecule is C=CCOC(C=C)c1cnn(C)c1. The van der Waals surface area contributed by atoms with Crippen molar-refractivity contribution < 1.29 is 4.74 Å². The van der Waals surface area contributed by atoms with Crippen molar-refractivity contribution in [2.75, 3.05) is 6.61 Å². The molecule has 0 bridgehead atoms. The first-order chi connectivity index (χ1) is 6.27. The zero-order valence-electron chi connectivity index (χ0n) is 7.81. The Morgan fingerprint density at radius 3 is 2.92 bits per heavy atom. The van der Waals surface area contributed by atoms with E-state index in [0.29, 0.717) is 6.61 Å². The Hall–Kier alpha value is -1.35. The molecule has 0 saturated carbocycles. The molecule has 0 amide bonds. The molecule has 0 aliphatic carbocycles. The monoisotopic (exact) mass is 178 g/mol. The van der Waals surface area contributed by atoms with Gasteiger partial charge in [0.2, 0.25) is 0 Å². The lowest BCUT2D eigenvalue weighted by atomic mass is 10.2. The van der Waals surface area contributed by atoms with Crippen LogP contribution in [0.25, 0.3) is 0 Å². The summed E-state index contributed by atoms with van der Waals surface area (Å²) in [7, 11) is 1.87. The molecule has 1 aromatic rings. The Labute approximate surface area is 78.3 Å². The summed E-state index contributed by atoms with van der Waals surface area (Å²) in [4.78, 5) is 0. The Morgan fingerprint density at radius 1 is 1.69 bits per heavy atom. The van der Waals surface area contributed by atoms with Crippen LogP contribution in [-0.4, -0.2) is 16.4 Å². The van der Waals surface area contributed by atoms with Crippen LogP contribution in [0.4, 0.5) is 0 Å². The molecule has 1 rings (SSSR count). The van der Waals surface area contributed by atoms with E-state index in [9.17, 15) is 0 Å². The lowest BCUT2D eigenvalue weighted by Gasteiger charge is -2.09. The lowest BCUT2D eigenvalue weighted by molar-refractivity contribution is 0.110. The highest BCUT2D eigenvalue weighted by Gasteiger charge is 2.08. The molecule has 1 unspecified atom stereocenters. The van der Waals surface area contributed by atoms with Gasteiger partial charge in [-0.3, -0.25) is 4.68 Å². The van der Waals surface area contributed by atoms with Crippen molar-refractivity contribution >= 4 is 0 Å². The standard InChI is InChI=1S/C10H14N2O/c1-4-6-13-10(5-2)9-7-11-12(3)8-9/h4-5,7-8,10H,1-2,6H2,3H3. The van der Waals surface area contributed by atoms with Gasteiger partial charge in [-0.05, 0) is 0 Å². The average Bonchev–Trinajstić information content (AvgIpc) is 2.54. The van der Waals surface area contributed by atoms with E-state index in [2.05, 4.69) is 18.3 Å². The largest absolute Gasteiger partial charge is 0.365 e. The highest BCUT2D eigenvalue weighted by Crippen LogP contribution is 2.16. The molecule has 70 valence electrons. The minimum absolute atomic E-state index is 0.0910. The van der Waals surface area contributed by atoms with Gasteiger partial charge < -0.3 is 4.74 Å². The second kappa shape index (κ2) is 4.62. The van der Waals surface area contributed by atoms with Crippen LogP contribution in [0.5, 0.6) is 0 Å². The summed E-state index contributed by atoms with van der Waals surface area (Å²) >= 11 is 0. The number of nitrogens with zero attached hydrogens (tertiary/aromatic N) is 2. The number of aromatic nitrogens is 2. The Bertz CT molecular complexity index is 291. The van der Waals surface area contributed by atoms with Gasteiger partial charge in [0.1, 0.15) is 6.10 Å². The van der Waals surface area contributed by atoms with Crippen LogP contribution >= 0.6 is 0 Å². The molecule has 1 atom stereocenters. The minimum Gasteiger partial charge on any atom is -0.365 e. The predicted molar refractivity (Wildman–Crippen MR) is 52.3 cm³/mol. The van der Waals surface area contributed by atoms with Crippen molar-refractivity contribution in [3.63, 3.8) is 0 Å². The number of rotatable bonds is 5. The topological polar surface area (TPSA) is 27.1 Å². The Balaban J connectivity index is 2.66. The van der Waals surface area contributed by atoms with Crippen LogP contribution in [-0.2, 0) is 11.8 Å². The van der Waals surface area contributed by atoms with Crippen molar-refractivity contribution in [1.82, 2.24) is 9.78 Å². The predicted octanol–water partition coefficient (Wildman–Crippen LogP) is 1.85. The molecule has 13 heavy (non-hydrogen) atoms. The summed E-state index contributed by atoms with van der Waals surface area (Å²) in [5.74, 6) is 0. The Kier molecular flexibility index (Phi) is 3.46. The van der Waals surface area contributed by atoms with Gasteiger partial charge in [-0.2, -0.15) is 5.10 Å². The van der Waals surface area contributed by atoms with Crippen molar-refractivity contribution in [2.45, 2.75) is 6.10 Å². The second-order valence-electron chi connectivity index (χ2n) is 2.73. The maximum Gasteiger partial charge on any atom is 0.104 e. The van der Waals surface area contributed by atoms with Gasteiger partial charge in [0.05, 0.1) is 12.8 Å². The van der Waals surface area contributed by atoms with E-state index >= 15 is 0 Å². The summed E-state index contributed by atoms with van der Waals surface area (Å²) in [5, 5.41) is 4.06. The van der Waals surface area contributed by atoms with Crippen molar-refractivity contribution in [1.29, 1.82) is 0 Å². The summed E-state index contributed by atoms with van der Waals surface area (Å²) < 4.78 is 7.19. The number of hydrogen-bond acceptors (Lipinski definition) is 2. The average molecular weight is 178 g/mol.